The van der Waals surface area contributed by atoms with Gasteiger partial charge in [-0.2, -0.15) is 5.26 Å². The SMILES string of the molecule is CC[C@@]1(c2ccc(OC)cc2)NC(=O)N(CC(=O)NC2(C#N)CCCC2)C1=O. The molecule has 1 saturated carbocycles. The molecule has 0 unspecified atom stereocenters. The molecule has 2 aliphatic rings. The van der Waals surface area contributed by atoms with Crippen LogP contribution in [-0.4, -0.2) is 41.9 Å². The summed E-state index contributed by atoms with van der Waals surface area (Å²) in [5, 5.41) is 14.9. The Balaban J connectivity index is 1.78. The van der Waals surface area contributed by atoms with Crippen LogP contribution in [0.5, 0.6) is 5.75 Å². The average molecular weight is 384 g/mol. The Hall–Kier alpha value is -3.08. The first kappa shape index (κ1) is 19.7. The third-order valence-corrected chi connectivity index (χ3v) is 5.64. The maximum Gasteiger partial charge on any atom is 0.325 e. The van der Waals surface area contributed by atoms with Crippen molar-refractivity contribution in [3.63, 3.8) is 0 Å². The van der Waals surface area contributed by atoms with Crippen molar-refractivity contribution in [3.05, 3.63) is 29.8 Å². The van der Waals surface area contributed by atoms with Crippen LogP contribution in [0.3, 0.4) is 0 Å². The number of rotatable bonds is 6. The van der Waals surface area contributed by atoms with Gasteiger partial charge in [0.2, 0.25) is 5.91 Å². The predicted molar refractivity (Wildman–Crippen MR) is 100 cm³/mol. The van der Waals surface area contributed by atoms with Crippen molar-refractivity contribution in [1.29, 1.82) is 5.26 Å². The second-order valence-corrected chi connectivity index (χ2v) is 7.26. The Labute approximate surface area is 163 Å². The van der Waals surface area contributed by atoms with Crippen molar-refractivity contribution in [3.8, 4) is 11.8 Å². The molecule has 3 rings (SSSR count). The summed E-state index contributed by atoms with van der Waals surface area (Å²) in [5.74, 6) is -0.340. The van der Waals surface area contributed by atoms with Gasteiger partial charge in [-0.15, -0.1) is 0 Å². The number of carbonyl (C=O) groups is 3. The minimum atomic E-state index is -1.22. The van der Waals surface area contributed by atoms with Crippen molar-refractivity contribution in [2.45, 2.75) is 50.1 Å². The van der Waals surface area contributed by atoms with Gasteiger partial charge < -0.3 is 15.4 Å². The minimum Gasteiger partial charge on any atom is -0.497 e. The normalized spacial score (nSPS) is 23.2. The lowest BCUT2D eigenvalue weighted by molar-refractivity contribution is -0.135. The number of amides is 4. The van der Waals surface area contributed by atoms with Gasteiger partial charge in [-0.25, -0.2) is 4.79 Å². The first-order valence-corrected chi connectivity index (χ1v) is 9.40. The van der Waals surface area contributed by atoms with E-state index in [1.165, 1.54) is 0 Å². The van der Waals surface area contributed by atoms with Crippen molar-refractivity contribution in [1.82, 2.24) is 15.5 Å². The highest BCUT2D eigenvalue weighted by Crippen LogP contribution is 2.33. The Bertz CT molecular complexity index is 824. The van der Waals surface area contributed by atoms with Gasteiger partial charge in [0.15, 0.2) is 0 Å². The predicted octanol–water partition coefficient (Wildman–Crippen LogP) is 1.80. The zero-order valence-corrected chi connectivity index (χ0v) is 16.1. The van der Waals surface area contributed by atoms with E-state index in [1.54, 1.807) is 38.3 Å². The molecule has 148 valence electrons. The lowest BCUT2D eigenvalue weighted by Crippen LogP contribution is -2.50. The van der Waals surface area contributed by atoms with E-state index < -0.39 is 35.5 Å². The van der Waals surface area contributed by atoms with Crippen molar-refractivity contribution >= 4 is 17.8 Å². The number of methoxy groups -OCH3 is 1. The molecule has 2 fully saturated rings. The molecule has 8 heteroatoms. The maximum atomic E-state index is 13.1. The molecule has 1 aromatic carbocycles. The summed E-state index contributed by atoms with van der Waals surface area (Å²) in [6.45, 7) is 1.39. The van der Waals surface area contributed by atoms with Gasteiger partial charge in [-0.3, -0.25) is 14.5 Å². The maximum absolute atomic E-state index is 13.1. The molecule has 8 nitrogen and oxygen atoms in total. The molecule has 1 aliphatic carbocycles. The molecule has 0 aromatic heterocycles. The minimum absolute atomic E-state index is 0.337. The summed E-state index contributed by atoms with van der Waals surface area (Å²) >= 11 is 0. The fraction of sp³-hybridized carbons (Fsp3) is 0.500. The number of ether oxygens (including phenoxy) is 1. The number of imide groups is 1. The molecular formula is C20H24N4O4. The molecule has 1 aromatic rings. The molecule has 0 spiro atoms. The fourth-order valence-corrected chi connectivity index (χ4v) is 3.98. The number of hydrogen-bond acceptors (Lipinski definition) is 5. The summed E-state index contributed by atoms with van der Waals surface area (Å²) in [7, 11) is 1.55. The molecule has 0 bridgehead atoms. The van der Waals surface area contributed by atoms with Crippen LogP contribution in [0.1, 0.15) is 44.6 Å². The monoisotopic (exact) mass is 384 g/mol. The van der Waals surface area contributed by atoms with Crippen LogP contribution >= 0.6 is 0 Å². The van der Waals surface area contributed by atoms with Crippen LogP contribution in [0.25, 0.3) is 0 Å². The van der Waals surface area contributed by atoms with E-state index in [4.69, 9.17) is 4.74 Å². The molecule has 1 atom stereocenters. The van der Waals surface area contributed by atoms with Gasteiger partial charge in [0.25, 0.3) is 5.91 Å². The number of benzene rings is 1. The number of hydrogen-bond donors (Lipinski definition) is 2. The van der Waals surface area contributed by atoms with E-state index in [9.17, 15) is 19.6 Å². The van der Waals surface area contributed by atoms with Gasteiger partial charge in [0.05, 0.1) is 13.2 Å². The van der Waals surface area contributed by atoms with Gasteiger partial charge in [-0.1, -0.05) is 19.1 Å². The van der Waals surface area contributed by atoms with Crippen LogP contribution in [0.15, 0.2) is 24.3 Å². The number of carbonyl (C=O) groups excluding carboxylic acids is 3. The second kappa shape index (κ2) is 7.50. The van der Waals surface area contributed by atoms with Crippen LogP contribution in [0.2, 0.25) is 0 Å². The van der Waals surface area contributed by atoms with E-state index >= 15 is 0 Å². The van der Waals surface area contributed by atoms with Gasteiger partial charge in [0, 0.05) is 0 Å². The highest BCUT2D eigenvalue weighted by atomic mass is 16.5. The Morgan fingerprint density at radius 1 is 1.29 bits per heavy atom. The number of nitrogens with zero attached hydrogens (tertiary/aromatic N) is 2. The van der Waals surface area contributed by atoms with E-state index in [-0.39, 0.29) is 0 Å². The smallest absolute Gasteiger partial charge is 0.325 e. The Kier molecular flexibility index (Phi) is 5.27. The summed E-state index contributed by atoms with van der Waals surface area (Å²) in [6, 6.07) is 8.46. The van der Waals surface area contributed by atoms with Gasteiger partial charge >= 0.3 is 6.03 Å². The van der Waals surface area contributed by atoms with E-state index in [0.29, 0.717) is 30.6 Å². The summed E-state index contributed by atoms with van der Waals surface area (Å²) < 4.78 is 5.14. The first-order chi connectivity index (χ1) is 13.4. The molecule has 1 aliphatic heterocycles. The highest BCUT2D eigenvalue weighted by Gasteiger charge is 2.52. The fourth-order valence-electron chi connectivity index (χ4n) is 3.98. The standard InChI is InChI=1S/C20H24N4O4/c1-3-20(14-6-8-15(28-2)9-7-14)17(26)24(18(27)23-20)12-16(25)22-19(13-21)10-4-5-11-19/h6-9H,3-5,10-12H2,1-2H3,(H,22,25)(H,23,27)/t20-/m0/s1. The molecule has 4 amide bonds. The topological polar surface area (TPSA) is 112 Å². The zero-order chi connectivity index (χ0) is 20.4. The number of nitrogens with one attached hydrogen (secondary N) is 2. The second-order valence-electron chi connectivity index (χ2n) is 7.26. The summed E-state index contributed by atoms with van der Waals surface area (Å²) in [4.78, 5) is 39.0. The van der Waals surface area contributed by atoms with E-state index in [1.807, 2.05) is 0 Å². The molecule has 0 radical (unpaired) electrons. The van der Waals surface area contributed by atoms with Crippen LogP contribution < -0.4 is 15.4 Å². The zero-order valence-electron chi connectivity index (χ0n) is 16.1. The largest absolute Gasteiger partial charge is 0.497 e. The van der Waals surface area contributed by atoms with E-state index in [2.05, 4.69) is 16.7 Å². The quantitative estimate of drug-likeness (QED) is 0.727. The Morgan fingerprint density at radius 2 is 1.93 bits per heavy atom. The third kappa shape index (κ3) is 3.28. The number of urea groups is 1. The third-order valence-electron chi connectivity index (χ3n) is 5.64. The Morgan fingerprint density at radius 3 is 2.46 bits per heavy atom. The molecule has 2 N–H and O–H groups in total. The van der Waals surface area contributed by atoms with E-state index in [0.717, 1.165) is 17.7 Å². The van der Waals surface area contributed by atoms with Gasteiger partial charge in [0.1, 0.15) is 23.4 Å². The first-order valence-electron chi connectivity index (χ1n) is 9.40. The summed E-state index contributed by atoms with van der Waals surface area (Å²) in [6.07, 6.45) is 3.24. The van der Waals surface area contributed by atoms with Crippen molar-refractivity contribution < 1.29 is 19.1 Å². The molecule has 1 saturated heterocycles. The van der Waals surface area contributed by atoms with Crippen molar-refractivity contribution in [2.24, 2.45) is 0 Å². The highest BCUT2D eigenvalue weighted by molar-refractivity contribution is 6.09. The summed E-state index contributed by atoms with van der Waals surface area (Å²) in [5.41, 5.74) is -1.49. The lowest BCUT2D eigenvalue weighted by atomic mass is 9.87. The van der Waals surface area contributed by atoms with Crippen molar-refractivity contribution in [2.75, 3.05) is 13.7 Å². The van der Waals surface area contributed by atoms with Crippen LogP contribution in [0.4, 0.5) is 4.79 Å². The lowest BCUT2D eigenvalue weighted by Gasteiger charge is -2.26. The molecule has 1 heterocycles. The molecule has 28 heavy (non-hydrogen) atoms. The van der Waals surface area contributed by atoms with Crippen LogP contribution in [-0.2, 0) is 15.1 Å². The van der Waals surface area contributed by atoms with Crippen LogP contribution in [0, 0.1) is 11.3 Å². The average Bonchev–Trinajstić information content (AvgIpc) is 3.27. The van der Waals surface area contributed by atoms with Gasteiger partial charge in [-0.05, 0) is 49.8 Å². The number of nitriles is 1. The molecular weight excluding hydrogens is 360 g/mol.